The molecule has 1 aromatic carbocycles. The summed E-state index contributed by atoms with van der Waals surface area (Å²) in [6.07, 6.45) is 5.94. The van der Waals surface area contributed by atoms with Gasteiger partial charge in [-0.1, -0.05) is 0 Å². The van der Waals surface area contributed by atoms with E-state index in [1.807, 2.05) is 20.0 Å². The monoisotopic (exact) mass is 492 g/mol. The number of hydrogen-bond acceptors (Lipinski definition) is 7. The summed E-state index contributed by atoms with van der Waals surface area (Å²) in [6, 6.07) is 4.58. The highest BCUT2D eigenvalue weighted by molar-refractivity contribution is 5.92. The van der Waals surface area contributed by atoms with Gasteiger partial charge in [-0.15, -0.1) is 5.10 Å². The molecule has 36 heavy (non-hydrogen) atoms. The van der Waals surface area contributed by atoms with E-state index in [0.29, 0.717) is 17.2 Å². The van der Waals surface area contributed by atoms with Crippen molar-refractivity contribution in [2.24, 2.45) is 5.73 Å². The fourth-order valence-corrected chi connectivity index (χ4v) is 5.12. The molecule has 10 heteroatoms. The van der Waals surface area contributed by atoms with Gasteiger partial charge in [-0.05, 0) is 71.4 Å². The summed E-state index contributed by atoms with van der Waals surface area (Å²) in [5.74, 6) is -0.487. The van der Waals surface area contributed by atoms with Crippen molar-refractivity contribution in [2.75, 3.05) is 4.90 Å². The maximum absolute atomic E-state index is 14.9. The molecule has 0 spiro atoms. The Morgan fingerprint density at radius 2 is 2.00 bits per heavy atom. The van der Waals surface area contributed by atoms with Gasteiger partial charge in [-0.2, -0.15) is 4.98 Å². The van der Waals surface area contributed by atoms with Gasteiger partial charge in [0.05, 0.1) is 22.5 Å². The van der Waals surface area contributed by atoms with Crippen LogP contribution in [0.15, 0.2) is 48.1 Å². The molecule has 4 heterocycles. The second-order valence-electron chi connectivity index (χ2n) is 10.4. The highest BCUT2D eigenvalue weighted by Gasteiger charge is 2.35. The molecular formula is C26H29FN6O3. The first-order valence-electron chi connectivity index (χ1n) is 11.7. The summed E-state index contributed by atoms with van der Waals surface area (Å²) in [5, 5.41) is 4.53. The van der Waals surface area contributed by atoms with Crippen LogP contribution in [0, 0.1) is 5.82 Å². The van der Waals surface area contributed by atoms with E-state index >= 15 is 0 Å². The smallest absolute Gasteiger partial charge is 0.285 e. The molecule has 2 aromatic heterocycles. The third-order valence-corrected chi connectivity index (χ3v) is 6.28. The van der Waals surface area contributed by atoms with Crippen LogP contribution in [0.4, 0.5) is 10.1 Å². The van der Waals surface area contributed by atoms with Crippen LogP contribution in [0.1, 0.15) is 53.5 Å². The van der Waals surface area contributed by atoms with Crippen molar-refractivity contribution >= 4 is 22.9 Å². The van der Waals surface area contributed by atoms with Crippen LogP contribution in [-0.4, -0.2) is 42.9 Å². The Balaban J connectivity index is 1.53. The maximum Gasteiger partial charge on any atom is 0.285 e. The molecule has 0 fully saturated rings. The fraction of sp³-hybridized carbons (Fsp3) is 0.385. The molecule has 1 atom stereocenters. The molecule has 0 aliphatic carbocycles. The topological polar surface area (TPSA) is 108 Å². The van der Waals surface area contributed by atoms with E-state index in [0.717, 1.165) is 17.6 Å². The number of nitrogens with two attached hydrogens (primary N) is 1. The molecule has 2 N–H and O–H groups in total. The number of carbonyl (C=O) groups is 1. The Hall–Kier alpha value is -3.79. The van der Waals surface area contributed by atoms with Gasteiger partial charge in [-0.3, -0.25) is 4.79 Å². The average Bonchev–Trinajstić information content (AvgIpc) is 3.32. The number of ether oxygens (including phenoxy) is 2. The Morgan fingerprint density at radius 3 is 2.67 bits per heavy atom. The van der Waals surface area contributed by atoms with Crippen molar-refractivity contribution in [3.63, 3.8) is 0 Å². The average molecular weight is 493 g/mol. The number of halogens is 1. The number of nitrogens with zero attached hydrogens (tertiary/aromatic N) is 5. The minimum Gasteiger partial charge on any atom is -0.463 e. The lowest BCUT2D eigenvalue weighted by atomic mass is 9.87. The lowest BCUT2D eigenvalue weighted by molar-refractivity contribution is -0.118. The fourth-order valence-electron chi connectivity index (χ4n) is 5.12. The van der Waals surface area contributed by atoms with Gasteiger partial charge >= 0.3 is 0 Å². The predicted octanol–water partition coefficient (Wildman–Crippen LogP) is 4.19. The molecule has 0 radical (unpaired) electrons. The first-order chi connectivity index (χ1) is 16.8. The Morgan fingerprint density at radius 1 is 1.25 bits per heavy atom. The van der Waals surface area contributed by atoms with E-state index in [1.165, 1.54) is 6.07 Å². The highest BCUT2D eigenvalue weighted by atomic mass is 19.1. The van der Waals surface area contributed by atoms with Crippen molar-refractivity contribution in [2.45, 2.75) is 65.4 Å². The molecule has 3 aromatic rings. The summed E-state index contributed by atoms with van der Waals surface area (Å²) in [6.45, 7) is 11.7. The van der Waals surface area contributed by atoms with E-state index < -0.39 is 23.6 Å². The molecule has 9 nitrogen and oxygen atoms in total. The van der Waals surface area contributed by atoms with Crippen LogP contribution in [0.2, 0.25) is 0 Å². The molecule has 1 unspecified atom stereocenters. The van der Waals surface area contributed by atoms with Crippen molar-refractivity contribution in [1.82, 2.24) is 19.6 Å². The van der Waals surface area contributed by atoms with E-state index in [4.69, 9.17) is 15.2 Å². The van der Waals surface area contributed by atoms with Crippen molar-refractivity contribution in [3.8, 4) is 11.4 Å². The van der Waals surface area contributed by atoms with E-state index in [1.54, 1.807) is 41.6 Å². The minimum absolute atomic E-state index is 0.0877. The molecular weight excluding hydrogens is 463 g/mol. The number of benzene rings is 1. The van der Waals surface area contributed by atoms with Crippen LogP contribution >= 0.6 is 0 Å². The summed E-state index contributed by atoms with van der Waals surface area (Å²) < 4.78 is 28.3. The summed E-state index contributed by atoms with van der Waals surface area (Å²) in [4.78, 5) is 22.4. The number of aromatic nitrogens is 4. The number of hydrogen-bond donors (Lipinski definition) is 1. The summed E-state index contributed by atoms with van der Waals surface area (Å²) in [5.41, 5.74) is 8.08. The van der Waals surface area contributed by atoms with E-state index in [9.17, 15) is 9.18 Å². The zero-order valence-electron chi connectivity index (χ0n) is 21.2. The lowest BCUT2D eigenvalue weighted by Gasteiger charge is -2.40. The van der Waals surface area contributed by atoms with Crippen LogP contribution < -0.4 is 10.6 Å². The summed E-state index contributed by atoms with van der Waals surface area (Å²) >= 11 is 0. The Bertz CT molecular complexity index is 1460. The van der Waals surface area contributed by atoms with Crippen LogP contribution in [-0.2, 0) is 14.3 Å². The van der Waals surface area contributed by atoms with Crippen molar-refractivity contribution in [3.05, 3.63) is 59.5 Å². The predicted molar refractivity (Wildman–Crippen MR) is 133 cm³/mol. The van der Waals surface area contributed by atoms with Gasteiger partial charge < -0.3 is 20.1 Å². The molecule has 0 saturated heterocycles. The first kappa shape index (κ1) is 23.9. The highest BCUT2D eigenvalue weighted by Crippen LogP contribution is 2.38. The molecule has 1 amide bonds. The molecule has 0 saturated carbocycles. The normalized spacial score (nSPS) is 21.0. The maximum atomic E-state index is 14.9. The second-order valence-corrected chi connectivity index (χ2v) is 10.4. The Labute approximate surface area is 208 Å². The van der Waals surface area contributed by atoms with E-state index in [-0.39, 0.29) is 22.7 Å². The van der Waals surface area contributed by atoms with Gasteiger partial charge in [0, 0.05) is 30.1 Å². The molecule has 5 rings (SSSR count). The molecule has 0 bridgehead atoms. The van der Waals surface area contributed by atoms with Gasteiger partial charge in [0.25, 0.3) is 11.7 Å². The number of rotatable bonds is 4. The van der Waals surface area contributed by atoms with Gasteiger partial charge in [0.1, 0.15) is 5.82 Å². The standard InChI is InChI=1S/C26H29FN6O3/c1-14-21(22(28)34)35-15(2)33(14)18-7-8-20(27)19(9-18)23-30-24-29-12-17(13-32(24)31-23)16-10-25(3,4)36-26(5,6)11-16/h7-10,12-13,15H,11H2,1-6H3,(H2,28,34). The molecule has 2 aliphatic rings. The zero-order chi connectivity index (χ0) is 26.0. The summed E-state index contributed by atoms with van der Waals surface area (Å²) in [7, 11) is 0. The van der Waals surface area contributed by atoms with Crippen LogP contribution in [0.25, 0.3) is 22.7 Å². The largest absolute Gasteiger partial charge is 0.463 e. The molecule has 2 aliphatic heterocycles. The number of allylic oxidation sites excluding steroid dienone is 1. The van der Waals surface area contributed by atoms with Crippen molar-refractivity contribution in [1.29, 1.82) is 0 Å². The van der Waals surface area contributed by atoms with Crippen LogP contribution in [0.5, 0.6) is 0 Å². The zero-order valence-corrected chi connectivity index (χ0v) is 21.2. The third-order valence-electron chi connectivity index (χ3n) is 6.28. The number of primary amides is 1. The van der Waals surface area contributed by atoms with Crippen LogP contribution in [0.3, 0.4) is 0 Å². The minimum atomic E-state index is -0.653. The van der Waals surface area contributed by atoms with Gasteiger partial charge in [-0.25, -0.2) is 13.9 Å². The quantitative estimate of drug-likeness (QED) is 0.582. The van der Waals surface area contributed by atoms with Gasteiger partial charge in [0.2, 0.25) is 5.76 Å². The number of carbonyl (C=O) groups excluding carboxylic acids is 1. The number of amides is 1. The second kappa shape index (κ2) is 8.12. The Kier molecular flexibility index (Phi) is 5.40. The first-order valence-corrected chi connectivity index (χ1v) is 11.7. The number of anilines is 1. The third kappa shape index (κ3) is 4.21. The SMILES string of the molecule is CC1=C(C(N)=O)OC(C)N1c1ccc(F)c(-c2nc3ncc(C4=CC(C)(C)OC(C)(C)C4)cn3n2)c1. The lowest BCUT2D eigenvalue weighted by Crippen LogP contribution is -2.39. The van der Waals surface area contributed by atoms with Crippen molar-refractivity contribution < 1.29 is 18.7 Å². The number of fused-ring (bicyclic) bond motifs is 1. The molecule has 188 valence electrons. The van der Waals surface area contributed by atoms with Gasteiger partial charge in [0.15, 0.2) is 12.1 Å². The van der Waals surface area contributed by atoms with E-state index in [2.05, 4.69) is 35.0 Å².